The summed E-state index contributed by atoms with van der Waals surface area (Å²) in [5, 5.41) is 15.8. The van der Waals surface area contributed by atoms with Gasteiger partial charge in [-0.1, -0.05) is 30.4 Å². The van der Waals surface area contributed by atoms with Crippen molar-refractivity contribution in [2.24, 2.45) is 0 Å². The number of anilines is 1. The van der Waals surface area contributed by atoms with Crippen LogP contribution in [0.3, 0.4) is 0 Å². The van der Waals surface area contributed by atoms with E-state index in [0.717, 1.165) is 23.1 Å². The zero-order valence-corrected chi connectivity index (χ0v) is 13.6. The molecule has 1 amide bonds. The van der Waals surface area contributed by atoms with Gasteiger partial charge in [0.15, 0.2) is 5.82 Å². The van der Waals surface area contributed by atoms with Gasteiger partial charge >= 0.3 is 0 Å². The molecule has 0 spiro atoms. The Morgan fingerprint density at radius 3 is 2.95 bits per heavy atom. The molecular formula is C13H12BrN5OS. The maximum Gasteiger partial charge on any atom is 0.258 e. The van der Waals surface area contributed by atoms with E-state index in [1.807, 2.05) is 18.2 Å². The molecule has 3 rings (SSSR count). The Balaban J connectivity index is 1.85. The van der Waals surface area contributed by atoms with Crippen LogP contribution in [0.5, 0.6) is 0 Å². The number of aryl methyl sites for hydroxylation is 1. The number of amides is 1. The Labute approximate surface area is 133 Å². The highest BCUT2D eigenvalue weighted by molar-refractivity contribution is 9.10. The van der Waals surface area contributed by atoms with Crippen LogP contribution in [0, 0.1) is 0 Å². The molecule has 0 saturated carbocycles. The van der Waals surface area contributed by atoms with Crippen LogP contribution < -0.4 is 5.32 Å². The number of halogens is 1. The lowest BCUT2D eigenvalue weighted by molar-refractivity contribution is 0.102. The molecule has 1 N–H and O–H groups in total. The van der Waals surface area contributed by atoms with Gasteiger partial charge < -0.3 is 0 Å². The van der Waals surface area contributed by atoms with Gasteiger partial charge in [0.25, 0.3) is 5.91 Å². The van der Waals surface area contributed by atoms with Crippen molar-refractivity contribution in [3.05, 3.63) is 40.1 Å². The van der Waals surface area contributed by atoms with Crippen molar-refractivity contribution < 1.29 is 4.79 Å². The monoisotopic (exact) mass is 365 g/mol. The lowest BCUT2D eigenvalue weighted by atomic mass is 10.2. The number of hydrogen-bond acceptors (Lipinski definition) is 5. The summed E-state index contributed by atoms with van der Waals surface area (Å²) in [6.07, 6.45) is 1.78. The zero-order valence-electron chi connectivity index (χ0n) is 11.2. The van der Waals surface area contributed by atoms with E-state index in [1.54, 1.807) is 10.6 Å². The predicted octanol–water partition coefficient (Wildman–Crippen LogP) is 3.15. The van der Waals surface area contributed by atoms with Crippen LogP contribution in [0.1, 0.15) is 29.5 Å². The summed E-state index contributed by atoms with van der Waals surface area (Å²) in [4.78, 5) is 12.9. The van der Waals surface area contributed by atoms with Gasteiger partial charge in [-0.2, -0.15) is 4.52 Å². The molecule has 21 heavy (non-hydrogen) atoms. The molecule has 0 unspecified atom stereocenters. The van der Waals surface area contributed by atoms with Gasteiger partial charge in [-0.3, -0.25) is 10.1 Å². The normalized spacial score (nSPS) is 11.0. The van der Waals surface area contributed by atoms with Crippen LogP contribution in [-0.4, -0.2) is 25.7 Å². The highest BCUT2D eigenvalue weighted by Crippen LogP contribution is 2.22. The molecule has 0 saturated heterocycles. The third kappa shape index (κ3) is 2.81. The Hall–Kier alpha value is -1.80. The standard InChI is InChI=1S/C13H12BrN5OS/c1-2-5-10-16-17-13-19(10)18-12(21-13)15-11(20)8-6-3-4-7-9(8)14/h3-4,6-7H,2,5H2,1H3,(H,15,18,20). The molecule has 0 aliphatic heterocycles. The Bertz CT molecular complexity index is 797. The van der Waals surface area contributed by atoms with E-state index >= 15 is 0 Å². The summed E-state index contributed by atoms with van der Waals surface area (Å²) >= 11 is 4.67. The van der Waals surface area contributed by atoms with Crippen molar-refractivity contribution in [1.82, 2.24) is 19.8 Å². The molecule has 0 radical (unpaired) electrons. The molecule has 0 atom stereocenters. The molecule has 108 valence electrons. The first-order valence-corrected chi connectivity index (χ1v) is 8.07. The molecule has 2 aromatic heterocycles. The summed E-state index contributed by atoms with van der Waals surface area (Å²) in [5.41, 5.74) is 0.567. The molecule has 8 heteroatoms. The summed E-state index contributed by atoms with van der Waals surface area (Å²) in [5.74, 6) is 0.606. The number of carbonyl (C=O) groups is 1. The van der Waals surface area contributed by atoms with E-state index < -0.39 is 0 Å². The predicted molar refractivity (Wildman–Crippen MR) is 84.7 cm³/mol. The first-order valence-electron chi connectivity index (χ1n) is 6.46. The number of carbonyl (C=O) groups excluding carboxylic acids is 1. The van der Waals surface area contributed by atoms with Crippen molar-refractivity contribution in [3.63, 3.8) is 0 Å². The number of aromatic nitrogens is 4. The van der Waals surface area contributed by atoms with Crippen LogP contribution in [0.25, 0.3) is 4.96 Å². The van der Waals surface area contributed by atoms with Gasteiger partial charge in [-0.25, -0.2) is 0 Å². The first-order chi connectivity index (χ1) is 10.2. The first kappa shape index (κ1) is 14.2. The minimum absolute atomic E-state index is 0.204. The largest absolute Gasteiger partial charge is 0.296 e. The lowest BCUT2D eigenvalue weighted by Gasteiger charge is -2.03. The molecule has 0 fully saturated rings. The molecule has 0 bridgehead atoms. The SMILES string of the molecule is CCCc1nnc2sc(NC(=O)c3ccccc3Br)nn12. The van der Waals surface area contributed by atoms with Crippen molar-refractivity contribution >= 4 is 43.3 Å². The number of nitrogens with one attached hydrogen (secondary N) is 1. The van der Waals surface area contributed by atoms with E-state index in [1.165, 1.54) is 11.3 Å². The summed E-state index contributed by atoms with van der Waals surface area (Å²) in [6, 6.07) is 7.26. The number of fused-ring (bicyclic) bond motifs is 1. The smallest absolute Gasteiger partial charge is 0.258 e. The van der Waals surface area contributed by atoms with E-state index in [0.29, 0.717) is 15.7 Å². The second kappa shape index (κ2) is 5.90. The summed E-state index contributed by atoms with van der Waals surface area (Å²) in [6.45, 7) is 2.07. The third-order valence-electron chi connectivity index (χ3n) is 2.87. The molecule has 0 aliphatic rings. The van der Waals surface area contributed by atoms with Gasteiger partial charge in [0.2, 0.25) is 10.1 Å². The average Bonchev–Trinajstić information content (AvgIpc) is 3.01. The number of hydrogen-bond donors (Lipinski definition) is 1. The van der Waals surface area contributed by atoms with E-state index in [4.69, 9.17) is 0 Å². The highest BCUT2D eigenvalue weighted by atomic mass is 79.9. The van der Waals surface area contributed by atoms with Crippen LogP contribution >= 0.6 is 27.3 Å². The molecule has 1 aromatic carbocycles. The van der Waals surface area contributed by atoms with Gasteiger partial charge in [0, 0.05) is 10.9 Å². The second-order valence-corrected chi connectivity index (χ2v) is 6.21. The average molecular weight is 366 g/mol. The zero-order chi connectivity index (χ0) is 14.8. The van der Waals surface area contributed by atoms with E-state index in [9.17, 15) is 4.79 Å². The molecule has 0 aliphatic carbocycles. The fourth-order valence-corrected chi connectivity index (χ4v) is 3.12. The molecule has 3 aromatic rings. The molecule has 2 heterocycles. The third-order valence-corrected chi connectivity index (χ3v) is 4.37. The summed E-state index contributed by atoms with van der Waals surface area (Å²) < 4.78 is 2.43. The van der Waals surface area contributed by atoms with Crippen LogP contribution in [-0.2, 0) is 6.42 Å². The number of benzene rings is 1. The summed E-state index contributed by atoms with van der Waals surface area (Å²) in [7, 11) is 0. The molecule has 6 nitrogen and oxygen atoms in total. The highest BCUT2D eigenvalue weighted by Gasteiger charge is 2.15. The minimum atomic E-state index is -0.204. The van der Waals surface area contributed by atoms with Crippen molar-refractivity contribution in [2.45, 2.75) is 19.8 Å². The maximum absolute atomic E-state index is 12.2. The fraction of sp³-hybridized carbons (Fsp3) is 0.231. The van der Waals surface area contributed by atoms with E-state index in [2.05, 4.69) is 43.5 Å². The van der Waals surface area contributed by atoms with E-state index in [-0.39, 0.29) is 5.91 Å². The van der Waals surface area contributed by atoms with Crippen molar-refractivity contribution in [1.29, 1.82) is 0 Å². The van der Waals surface area contributed by atoms with Gasteiger partial charge in [-0.05, 0) is 34.5 Å². The van der Waals surface area contributed by atoms with Crippen LogP contribution in [0.2, 0.25) is 0 Å². The molecular weight excluding hydrogens is 354 g/mol. The Kier molecular flexibility index (Phi) is 3.98. The van der Waals surface area contributed by atoms with Crippen molar-refractivity contribution in [3.8, 4) is 0 Å². The lowest BCUT2D eigenvalue weighted by Crippen LogP contribution is -2.12. The van der Waals surface area contributed by atoms with Crippen molar-refractivity contribution in [2.75, 3.05) is 5.32 Å². The van der Waals surface area contributed by atoms with Crippen LogP contribution in [0.15, 0.2) is 28.7 Å². The van der Waals surface area contributed by atoms with Crippen LogP contribution in [0.4, 0.5) is 5.13 Å². The quantitative estimate of drug-likeness (QED) is 0.770. The minimum Gasteiger partial charge on any atom is -0.296 e. The fourth-order valence-electron chi connectivity index (χ4n) is 1.90. The second-order valence-electron chi connectivity index (χ2n) is 4.40. The number of nitrogens with zero attached hydrogens (tertiary/aromatic N) is 4. The topological polar surface area (TPSA) is 72.2 Å². The maximum atomic E-state index is 12.2. The van der Waals surface area contributed by atoms with Gasteiger partial charge in [0.1, 0.15) is 0 Å². The Morgan fingerprint density at radius 1 is 1.38 bits per heavy atom. The number of rotatable bonds is 4. The van der Waals surface area contributed by atoms with Gasteiger partial charge in [0.05, 0.1) is 5.56 Å². The Morgan fingerprint density at radius 2 is 2.19 bits per heavy atom. The van der Waals surface area contributed by atoms with Gasteiger partial charge in [-0.15, -0.1) is 15.3 Å².